The Morgan fingerprint density at radius 1 is 1.00 bits per heavy atom. The molecule has 1 aromatic carbocycles. The van der Waals surface area contributed by atoms with Crippen LogP contribution in [0.15, 0.2) is 30.3 Å². The van der Waals surface area contributed by atoms with E-state index in [1.54, 1.807) is 71.9 Å². The maximum atomic E-state index is 12.8. The summed E-state index contributed by atoms with van der Waals surface area (Å²) in [6.07, 6.45) is -0.770. The number of Topliss-reactive ketones (excluding diaryl/α,β-unsaturated/α-hetero) is 1. The molecule has 8 nitrogen and oxygen atoms in total. The van der Waals surface area contributed by atoms with E-state index in [1.807, 2.05) is 0 Å². The van der Waals surface area contributed by atoms with E-state index in [-0.39, 0.29) is 18.1 Å². The van der Waals surface area contributed by atoms with Crippen LogP contribution in [0.4, 0.5) is 4.79 Å². The molecule has 1 rings (SSSR count). The first kappa shape index (κ1) is 24.1. The van der Waals surface area contributed by atoms with Crippen LogP contribution in [0.5, 0.6) is 0 Å². The minimum absolute atomic E-state index is 0.0526. The van der Waals surface area contributed by atoms with Gasteiger partial charge in [-0.3, -0.25) is 9.59 Å². The van der Waals surface area contributed by atoms with E-state index >= 15 is 0 Å². The smallest absolute Gasteiger partial charge is 0.408 e. The summed E-state index contributed by atoms with van der Waals surface area (Å²) < 4.78 is 10.1. The summed E-state index contributed by atoms with van der Waals surface area (Å²) in [4.78, 5) is 50.0. The quantitative estimate of drug-likeness (QED) is 0.390. The second-order valence-electron chi connectivity index (χ2n) is 7.79. The number of rotatable bonds is 8. The predicted octanol–water partition coefficient (Wildman–Crippen LogP) is 2.47. The van der Waals surface area contributed by atoms with Crippen molar-refractivity contribution in [2.24, 2.45) is 5.92 Å². The number of alkyl carbamates (subject to hydrolysis) is 1. The van der Waals surface area contributed by atoms with Crippen LogP contribution in [-0.4, -0.2) is 48.0 Å². The van der Waals surface area contributed by atoms with Gasteiger partial charge in [-0.05, 0) is 33.6 Å². The van der Waals surface area contributed by atoms with Crippen LogP contribution in [0.25, 0.3) is 0 Å². The molecule has 0 aliphatic heterocycles. The Bertz CT molecular complexity index is 724. The molecular weight excluding hydrogens is 376 g/mol. The maximum absolute atomic E-state index is 12.8. The van der Waals surface area contributed by atoms with Gasteiger partial charge in [0.2, 0.25) is 5.91 Å². The number of ether oxygens (including phenoxy) is 2. The second kappa shape index (κ2) is 10.6. The standard InChI is InChI=1S/C21H30N2O6/c1-7-28-19(26)16(17(24)14-11-9-8-10-12-14)22-18(25)15(13(2)3)23-20(27)29-21(4,5)6/h8-13,15-16H,7H2,1-6H3,(H,22,25)(H,23,27)/t15-,16?/m0/s1. The van der Waals surface area contributed by atoms with Crippen LogP contribution in [0, 0.1) is 5.92 Å². The van der Waals surface area contributed by atoms with Gasteiger partial charge in [0, 0.05) is 5.56 Å². The first-order chi connectivity index (χ1) is 13.5. The number of carbonyl (C=O) groups excluding carboxylic acids is 4. The maximum Gasteiger partial charge on any atom is 0.408 e. The lowest BCUT2D eigenvalue weighted by molar-refractivity contribution is -0.146. The molecule has 1 aromatic rings. The third-order valence-corrected chi connectivity index (χ3v) is 3.75. The van der Waals surface area contributed by atoms with Gasteiger partial charge in [0.25, 0.3) is 0 Å². The van der Waals surface area contributed by atoms with Crippen LogP contribution >= 0.6 is 0 Å². The van der Waals surface area contributed by atoms with Crippen LogP contribution in [0.2, 0.25) is 0 Å². The van der Waals surface area contributed by atoms with Crippen LogP contribution in [0.1, 0.15) is 51.9 Å². The summed E-state index contributed by atoms with van der Waals surface area (Å²) in [5, 5.41) is 4.91. The van der Waals surface area contributed by atoms with E-state index < -0.39 is 41.4 Å². The van der Waals surface area contributed by atoms with Gasteiger partial charge in [-0.2, -0.15) is 0 Å². The fourth-order valence-electron chi connectivity index (χ4n) is 2.43. The lowest BCUT2D eigenvalue weighted by Gasteiger charge is -2.26. The molecule has 1 unspecified atom stereocenters. The van der Waals surface area contributed by atoms with Gasteiger partial charge in [-0.1, -0.05) is 44.2 Å². The van der Waals surface area contributed by atoms with Crippen molar-refractivity contribution in [2.75, 3.05) is 6.61 Å². The van der Waals surface area contributed by atoms with Gasteiger partial charge >= 0.3 is 12.1 Å². The van der Waals surface area contributed by atoms with E-state index in [4.69, 9.17) is 9.47 Å². The van der Waals surface area contributed by atoms with Crippen LogP contribution in [0.3, 0.4) is 0 Å². The first-order valence-electron chi connectivity index (χ1n) is 9.52. The molecule has 0 saturated heterocycles. The summed E-state index contributed by atoms with van der Waals surface area (Å²) in [6.45, 7) is 10.2. The van der Waals surface area contributed by atoms with E-state index in [0.717, 1.165) is 0 Å². The molecule has 0 heterocycles. The Labute approximate surface area is 171 Å². The van der Waals surface area contributed by atoms with E-state index in [2.05, 4.69) is 10.6 Å². The molecule has 0 radical (unpaired) electrons. The highest BCUT2D eigenvalue weighted by Crippen LogP contribution is 2.10. The average Bonchev–Trinajstić information content (AvgIpc) is 2.62. The molecule has 8 heteroatoms. The van der Waals surface area contributed by atoms with Crippen LogP contribution in [-0.2, 0) is 19.1 Å². The number of amides is 2. The minimum atomic E-state index is -1.52. The second-order valence-corrected chi connectivity index (χ2v) is 7.79. The highest BCUT2D eigenvalue weighted by molar-refractivity contribution is 6.14. The third-order valence-electron chi connectivity index (χ3n) is 3.75. The molecule has 29 heavy (non-hydrogen) atoms. The largest absolute Gasteiger partial charge is 0.464 e. The first-order valence-corrected chi connectivity index (χ1v) is 9.52. The molecule has 160 valence electrons. The summed E-state index contributed by atoms with van der Waals surface area (Å²) in [6, 6.07) is 5.58. The van der Waals surface area contributed by atoms with Crippen molar-refractivity contribution in [3.05, 3.63) is 35.9 Å². The lowest BCUT2D eigenvalue weighted by Crippen LogP contribution is -2.56. The summed E-state index contributed by atoms with van der Waals surface area (Å²) in [7, 11) is 0. The molecule has 2 amide bonds. The molecule has 2 atom stereocenters. The summed E-state index contributed by atoms with van der Waals surface area (Å²) in [5.74, 6) is -2.47. The Kier molecular flexibility index (Phi) is 8.82. The highest BCUT2D eigenvalue weighted by atomic mass is 16.6. The third kappa shape index (κ3) is 7.93. The topological polar surface area (TPSA) is 111 Å². The molecule has 0 fully saturated rings. The van der Waals surface area contributed by atoms with Crippen molar-refractivity contribution in [1.82, 2.24) is 10.6 Å². The van der Waals surface area contributed by atoms with Crippen molar-refractivity contribution in [3.63, 3.8) is 0 Å². The average molecular weight is 406 g/mol. The van der Waals surface area contributed by atoms with Gasteiger partial charge in [-0.15, -0.1) is 0 Å². The van der Waals surface area contributed by atoms with Crippen molar-refractivity contribution < 1.29 is 28.7 Å². The monoisotopic (exact) mass is 406 g/mol. The molecule has 0 aliphatic carbocycles. The van der Waals surface area contributed by atoms with Crippen LogP contribution < -0.4 is 10.6 Å². The Hall–Kier alpha value is -2.90. The van der Waals surface area contributed by atoms with Gasteiger partial charge < -0.3 is 20.1 Å². The normalized spacial score (nSPS) is 13.2. The van der Waals surface area contributed by atoms with Crippen molar-refractivity contribution >= 4 is 23.8 Å². The number of hydrogen-bond donors (Lipinski definition) is 2. The Balaban J connectivity index is 3.02. The molecule has 0 saturated carbocycles. The zero-order valence-electron chi connectivity index (χ0n) is 17.8. The van der Waals surface area contributed by atoms with E-state index in [9.17, 15) is 19.2 Å². The summed E-state index contributed by atoms with van der Waals surface area (Å²) >= 11 is 0. The molecule has 0 aromatic heterocycles. The highest BCUT2D eigenvalue weighted by Gasteiger charge is 2.34. The lowest BCUT2D eigenvalue weighted by atomic mass is 10.0. The predicted molar refractivity (Wildman–Crippen MR) is 107 cm³/mol. The fraction of sp³-hybridized carbons (Fsp3) is 0.524. The number of hydrogen-bond acceptors (Lipinski definition) is 6. The number of benzene rings is 1. The zero-order chi connectivity index (χ0) is 22.2. The van der Waals surface area contributed by atoms with Gasteiger partial charge in [0.15, 0.2) is 11.8 Å². The molecule has 0 bridgehead atoms. The number of carbonyl (C=O) groups is 4. The van der Waals surface area contributed by atoms with E-state index in [0.29, 0.717) is 0 Å². The zero-order valence-corrected chi connectivity index (χ0v) is 17.8. The number of esters is 1. The molecule has 2 N–H and O–H groups in total. The van der Waals surface area contributed by atoms with E-state index in [1.165, 1.54) is 0 Å². The fourth-order valence-corrected chi connectivity index (χ4v) is 2.43. The molecular formula is C21H30N2O6. The SMILES string of the molecule is CCOC(=O)C(NC(=O)[C@@H](NC(=O)OC(C)(C)C)C(C)C)C(=O)c1ccccc1. The number of ketones is 1. The Morgan fingerprint density at radius 2 is 1.59 bits per heavy atom. The van der Waals surface area contributed by atoms with Crippen molar-refractivity contribution in [1.29, 1.82) is 0 Å². The Morgan fingerprint density at radius 3 is 2.07 bits per heavy atom. The van der Waals surface area contributed by atoms with Gasteiger partial charge in [-0.25, -0.2) is 9.59 Å². The van der Waals surface area contributed by atoms with Crippen molar-refractivity contribution in [2.45, 2.75) is 59.2 Å². The molecule has 0 spiro atoms. The van der Waals surface area contributed by atoms with Crippen molar-refractivity contribution in [3.8, 4) is 0 Å². The molecule has 0 aliphatic rings. The van der Waals surface area contributed by atoms with Gasteiger partial charge in [0.05, 0.1) is 6.61 Å². The summed E-state index contributed by atoms with van der Waals surface area (Å²) in [5.41, 5.74) is -0.481. The minimum Gasteiger partial charge on any atom is -0.464 e. The van der Waals surface area contributed by atoms with Gasteiger partial charge in [0.1, 0.15) is 11.6 Å². The number of nitrogens with one attached hydrogen (secondary N) is 2.